The molecule has 0 unspecified atom stereocenters. The summed E-state index contributed by atoms with van der Waals surface area (Å²) in [5.41, 5.74) is 9.31. The SMILES string of the molecule is CNc1cc(C(=N)c2c(N)ncnc2NC)ccc1C(C)=N. The topological polar surface area (TPSA) is 124 Å². The van der Waals surface area contributed by atoms with Crippen molar-refractivity contribution in [2.45, 2.75) is 6.92 Å². The molecule has 7 heteroatoms. The van der Waals surface area contributed by atoms with Crippen molar-refractivity contribution in [2.75, 3.05) is 30.5 Å². The Labute approximate surface area is 129 Å². The van der Waals surface area contributed by atoms with E-state index in [0.29, 0.717) is 22.7 Å². The van der Waals surface area contributed by atoms with Crippen LogP contribution >= 0.6 is 0 Å². The quantitative estimate of drug-likeness (QED) is 0.540. The average molecular weight is 297 g/mol. The van der Waals surface area contributed by atoms with Gasteiger partial charge in [0, 0.05) is 36.6 Å². The summed E-state index contributed by atoms with van der Waals surface area (Å²) in [6.07, 6.45) is 1.36. The first-order valence-corrected chi connectivity index (χ1v) is 6.74. The molecule has 7 nitrogen and oxygen atoms in total. The molecule has 2 rings (SSSR count). The second-order valence-corrected chi connectivity index (χ2v) is 4.74. The van der Waals surface area contributed by atoms with Crippen molar-refractivity contribution in [1.29, 1.82) is 10.8 Å². The van der Waals surface area contributed by atoms with Gasteiger partial charge in [0.15, 0.2) is 0 Å². The Kier molecular flexibility index (Phi) is 4.36. The summed E-state index contributed by atoms with van der Waals surface area (Å²) in [6, 6.07) is 5.43. The summed E-state index contributed by atoms with van der Waals surface area (Å²) in [7, 11) is 3.51. The lowest BCUT2D eigenvalue weighted by molar-refractivity contribution is 1.15. The normalized spacial score (nSPS) is 10.1. The van der Waals surface area contributed by atoms with E-state index in [1.807, 2.05) is 12.1 Å². The van der Waals surface area contributed by atoms with E-state index in [4.69, 9.17) is 16.6 Å². The smallest absolute Gasteiger partial charge is 0.140 e. The van der Waals surface area contributed by atoms with Crippen LogP contribution in [0.4, 0.5) is 17.3 Å². The Hall–Kier alpha value is -2.96. The van der Waals surface area contributed by atoms with Crippen LogP contribution in [-0.2, 0) is 0 Å². The Morgan fingerprint density at radius 2 is 1.86 bits per heavy atom. The first kappa shape index (κ1) is 15.4. The number of hydrogen-bond donors (Lipinski definition) is 5. The van der Waals surface area contributed by atoms with Gasteiger partial charge in [-0.2, -0.15) is 0 Å². The van der Waals surface area contributed by atoms with Crippen LogP contribution in [0.5, 0.6) is 0 Å². The fourth-order valence-corrected chi connectivity index (χ4v) is 2.21. The molecule has 0 amide bonds. The molecule has 0 aliphatic carbocycles. The number of nitrogens with two attached hydrogens (primary N) is 1. The van der Waals surface area contributed by atoms with E-state index < -0.39 is 0 Å². The second kappa shape index (κ2) is 6.21. The lowest BCUT2D eigenvalue weighted by Gasteiger charge is -2.14. The molecule has 22 heavy (non-hydrogen) atoms. The number of rotatable bonds is 5. The van der Waals surface area contributed by atoms with Crippen molar-refractivity contribution in [2.24, 2.45) is 0 Å². The number of aromatic nitrogens is 2. The maximum atomic E-state index is 8.42. The van der Waals surface area contributed by atoms with E-state index in [-0.39, 0.29) is 11.5 Å². The molecular formula is C15H19N7. The minimum absolute atomic E-state index is 0.230. The highest BCUT2D eigenvalue weighted by Gasteiger charge is 2.16. The molecule has 0 spiro atoms. The van der Waals surface area contributed by atoms with Crippen molar-refractivity contribution in [3.63, 3.8) is 0 Å². The van der Waals surface area contributed by atoms with E-state index in [0.717, 1.165) is 11.3 Å². The zero-order valence-corrected chi connectivity index (χ0v) is 12.8. The van der Waals surface area contributed by atoms with Gasteiger partial charge in [-0.25, -0.2) is 9.97 Å². The van der Waals surface area contributed by atoms with Crippen molar-refractivity contribution >= 4 is 28.7 Å². The van der Waals surface area contributed by atoms with Gasteiger partial charge in [0.1, 0.15) is 18.0 Å². The third kappa shape index (κ3) is 2.73. The Morgan fingerprint density at radius 3 is 2.45 bits per heavy atom. The van der Waals surface area contributed by atoms with Crippen molar-refractivity contribution in [1.82, 2.24) is 9.97 Å². The van der Waals surface area contributed by atoms with Gasteiger partial charge in [-0.05, 0) is 13.0 Å². The number of anilines is 3. The molecule has 0 saturated heterocycles. The van der Waals surface area contributed by atoms with Gasteiger partial charge in [-0.1, -0.05) is 12.1 Å². The van der Waals surface area contributed by atoms with Crippen LogP contribution in [0.15, 0.2) is 24.5 Å². The van der Waals surface area contributed by atoms with Crippen LogP contribution in [-0.4, -0.2) is 35.5 Å². The number of hydrogen-bond acceptors (Lipinski definition) is 7. The van der Waals surface area contributed by atoms with Gasteiger partial charge in [0.25, 0.3) is 0 Å². The molecule has 1 aromatic carbocycles. The third-order valence-electron chi connectivity index (χ3n) is 3.34. The molecule has 6 N–H and O–H groups in total. The van der Waals surface area contributed by atoms with E-state index >= 15 is 0 Å². The van der Waals surface area contributed by atoms with Gasteiger partial charge in [0.2, 0.25) is 0 Å². The molecule has 1 heterocycles. The number of nitrogens with one attached hydrogen (secondary N) is 4. The Bertz CT molecular complexity index is 737. The first-order valence-electron chi connectivity index (χ1n) is 6.74. The molecule has 0 aliphatic heterocycles. The molecule has 0 fully saturated rings. The largest absolute Gasteiger partial charge is 0.388 e. The minimum Gasteiger partial charge on any atom is -0.388 e. The summed E-state index contributed by atoms with van der Waals surface area (Å²) >= 11 is 0. The number of nitrogen functional groups attached to an aromatic ring is 1. The van der Waals surface area contributed by atoms with Crippen molar-refractivity contribution in [3.05, 3.63) is 41.2 Å². The van der Waals surface area contributed by atoms with E-state index in [2.05, 4.69) is 20.6 Å². The van der Waals surface area contributed by atoms with Crippen LogP contribution < -0.4 is 16.4 Å². The fourth-order valence-electron chi connectivity index (χ4n) is 2.21. The standard InChI is InChI=1S/C15H19N7/c1-8(16)10-5-4-9(6-11(10)19-2)13(17)12-14(18)21-7-22-15(12)20-3/h4-7,16-17,19H,1-3H3,(H3,18,20,21,22). The predicted octanol–water partition coefficient (Wildman–Crippen LogP) is 1.95. The van der Waals surface area contributed by atoms with E-state index in [1.165, 1.54) is 6.33 Å². The lowest BCUT2D eigenvalue weighted by Crippen LogP contribution is -2.13. The van der Waals surface area contributed by atoms with Gasteiger partial charge in [-0.3, -0.25) is 5.41 Å². The zero-order chi connectivity index (χ0) is 16.3. The van der Waals surface area contributed by atoms with Crippen LogP contribution in [0, 0.1) is 10.8 Å². The monoisotopic (exact) mass is 297 g/mol. The Balaban J connectivity index is 2.53. The molecule has 0 aliphatic rings. The van der Waals surface area contributed by atoms with Gasteiger partial charge in [0.05, 0.1) is 11.3 Å². The molecule has 0 bridgehead atoms. The van der Waals surface area contributed by atoms with Crippen LogP contribution in [0.2, 0.25) is 0 Å². The minimum atomic E-state index is 0.230. The average Bonchev–Trinajstić information content (AvgIpc) is 2.53. The highest BCUT2D eigenvalue weighted by Crippen LogP contribution is 2.24. The van der Waals surface area contributed by atoms with E-state index in [1.54, 1.807) is 27.1 Å². The summed E-state index contributed by atoms with van der Waals surface area (Å²) in [4.78, 5) is 8.06. The molecule has 0 saturated carbocycles. The van der Waals surface area contributed by atoms with Crippen LogP contribution in [0.1, 0.15) is 23.6 Å². The molecule has 114 valence electrons. The third-order valence-corrected chi connectivity index (χ3v) is 3.34. The van der Waals surface area contributed by atoms with Gasteiger partial charge >= 0.3 is 0 Å². The molecule has 0 atom stereocenters. The molecular weight excluding hydrogens is 278 g/mol. The van der Waals surface area contributed by atoms with E-state index in [9.17, 15) is 0 Å². The lowest BCUT2D eigenvalue weighted by atomic mass is 9.99. The molecule has 1 aromatic heterocycles. The highest BCUT2D eigenvalue weighted by molar-refractivity contribution is 6.17. The summed E-state index contributed by atoms with van der Waals surface area (Å²) < 4.78 is 0. The zero-order valence-electron chi connectivity index (χ0n) is 12.8. The van der Waals surface area contributed by atoms with Crippen molar-refractivity contribution < 1.29 is 0 Å². The molecule has 0 radical (unpaired) electrons. The Morgan fingerprint density at radius 1 is 1.14 bits per heavy atom. The van der Waals surface area contributed by atoms with Gasteiger partial charge < -0.3 is 21.8 Å². The first-order chi connectivity index (χ1) is 10.5. The van der Waals surface area contributed by atoms with Gasteiger partial charge in [-0.15, -0.1) is 0 Å². The second-order valence-electron chi connectivity index (χ2n) is 4.74. The van der Waals surface area contributed by atoms with Crippen LogP contribution in [0.25, 0.3) is 0 Å². The molecule has 2 aromatic rings. The van der Waals surface area contributed by atoms with Crippen LogP contribution in [0.3, 0.4) is 0 Å². The highest BCUT2D eigenvalue weighted by atomic mass is 15.0. The summed E-state index contributed by atoms with van der Waals surface area (Å²) in [6.45, 7) is 1.73. The number of nitrogens with zero attached hydrogens (tertiary/aromatic N) is 2. The maximum Gasteiger partial charge on any atom is 0.140 e. The fraction of sp³-hybridized carbons (Fsp3) is 0.200. The maximum absolute atomic E-state index is 8.42. The predicted molar refractivity (Wildman–Crippen MR) is 90.4 cm³/mol. The summed E-state index contributed by atoms with van der Waals surface area (Å²) in [5, 5.41) is 22.2. The van der Waals surface area contributed by atoms with Crippen molar-refractivity contribution in [3.8, 4) is 0 Å². The summed E-state index contributed by atoms with van der Waals surface area (Å²) in [5.74, 6) is 0.762. The number of benzene rings is 1.